The first-order valence-corrected chi connectivity index (χ1v) is 7.71. The zero-order valence-corrected chi connectivity index (χ0v) is 13.6. The topological polar surface area (TPSA) is 79.9 Å². The highest BCUT2D eigenvalue weighted by Gasteiger charge is 2.12. The van der Waals surface area contributed by atoms with Crippen LogP contribution in [-0.4, -0.2) is 22.3 Å². The Morgan fingerprint density at radius 3 is 2.68 bits per heavy atom. The molecule has 2 aromatic carbocycles. The van der Waals surface area contributed by atoms with Crippen molar-refractivity contribution in [2.45, 2.75) is 6.92 Å². The molecule has 124 valence electrons. The van der Waals surface area contributed by atoms with Gasteiger partial charge in [-0.15, -0.1) is 0 Å². The van der Waals surface area contributed by atoms with E-state index in [-0.39, 0.29) is 12.5 Å². The lowest BCUT2D eigenvalue weighted by Gasteiger charge is -2.10. The average Bonchev–Trinajstić information content (AvgIpc) is 3.01. The first kappa shape index (κ1) is 16.3. The highest BCUT2D eigenvalue weighted by molar-refractivity contribution is 5.91. The molecule has 3 rings (SSSR count). The van der Waals surface area contributed by atoms with Crippen molar-refractivity contribution < 1.29 is 9.53 Å². The van der Waals surface area contributed by atoms with Crippen molar-refractivity contribution in [2.75, 3.05) is 11.9 Å². The molecular formula is C19H16N4O2. The molecule has 0 bridgehead atoms. The summed E-state index contributed by atoms with van der Waals surface area (Å²) in [7, 11) is 0. The molecule has 3 aromatic rings. The van der Waals surface area contributed by atoms with Crippen LogP contribution in [-0.2, 0) is 4.79 Å². The number of nitriles is 1. The number of nitrogens with one attached hydrogen (secondary N) is 1. The predicted molar refractivity (Wildman–Crippen MR) is 93.6 cm³/mol. The van der Waals surface area contributed by atoms with Crippen molar-refractivity contribution in [3.63, 3.8) is 0 Å². The number of nitrogens with zero attached hydrogens (tertiary/aromatic N) is 3. The molecule has 1 amide bonds. The van der Waals surface area contributed by atoms with Crippen LogP contribution in [0.1, 0.15) is 11.3 Å². The van der Waals surface area contributed by atoms with Crippen molar-refractivity contribution in [3.8, 4) is 17.5 Å². The van der Waals surface area contributed by atoms with E-state index >= 15 is 0 Å². The van der Waals surface area contributed by atoms with Gasteiger partial charge < -0.3 is 10.1 Å². The van der Waals surface area contributed by atoms with Gasteiger partial charge in [0, 0.05) is 6.07 Å². The molecule has 0 spiro atoms. The van der Waals surface area contributed by atoms with Gasteiger partial charge in [-0.05, 0) is 31.2 Å². The van der Waals surface area contributed by atoms with Crippen LogP contribution in [0.3, 0.4) is 0 Å². The summed E-state index contributed by atoms with van der Waals surface area (Å²) in [6.07, 6.45) is 0. The summed E-state index contributed by atoms with van der Waals surface area (Å²) in [5.41, 5.74) is 2.03. The molecule has 0 aliphatic rings. The fourth-order valence-electron chi connectivity index (χ4n) is 2.36. The molecule has 1 heterocycles. The largest absolute Gasteiger partial charge is 0.482 e. The average molecular weight is 332 g/mol. The number of anilines is 1. The third-order valence-corrected chi connectivity index (χ3v) is 3.47. The SMILES string of the molecule is Cc1cc(NC(=O)COc2ccccc2C#N)n(-c2ccccc2)n1. The highest BCUT2D eigenvalue weighted by atomic mass is 16.5. The maximum Gasteiger partial charge on any atom is 0.263 e. The predicted octanol–water partition coefficient (Wildman–Crippen LogP) is 3.07. The van der Waals surface area contributed by atoms with Crippen LogP contribution in [0.4, 0.5) is 5.82 Å². The van der Waals surface area contributed by atoms with Gasteiger partial charge >= 0.3 is 0 Å². The van der Waals surface area contributed by atoms with E-state index in [0.717, 1.165) is 11.4 Å². The van der Waals surface area contributed by atoms with Crippen LogP contribution in [0.25, 0.3) is 5.69 Å². The van der Waals surface area contributed by atoms with Crippen molar-refractivity contribution in [1.82, 2.24) is 9.78 Å². The van der Waals surface area contributed by atoms with E-state index in [1.165, 1.54) is 0 Å². The Bertz CT molecular complexity index is 926. The Hall–Kier alpha value is -3.59. The maximum atomic E-state index is 12.2. The second kappa shape index (κ2) is 7.32. The summed E-state index contributed by atoms with van der Waals surface area (Å²) in [6, 6.07) is 20.1. The summed E-state index contributed by atoms with van der Waals surface area (Å²) < 4.78 is 7.11. The fourth-order valence-corrected chi connectivity index (χ4v) is 2.36. The lowest BCUT2D eigenvalue weighted by atomic mass is 10.2. The fraction of sp³-hybridized carbons (Fsp3) is 0.105. The number of hydrogen-bond acceptors (Lipinski definition) is 4. The molecule has 0 atom stereocenters. The van der Waals surface area contributed by atoms with Gasteiger partial charge in [-0.25, -0.2) is 4.68 Å². The van der Waals surface area contributed by atoms with Crippen LogP contribution in [0.5, 0.6) is 5.75 Å². The summed E-state index contributed by atoms with van der Waals surface area (Å²) in [5, 5.41) is 16.2. The Kier molecular flexibility index (Phi) is 4.77. The van der Waals surface area contributed by atoms with Gasteiger partial charge in [-0.2, -0.15) is 10.4 Å². The van der Waals surface area contributed by atoms with Crippen molar-refractivity contribution >= 4 is 11.7 Å². The minimum absolute atomic E-state index is 0.197. The van der Waals surface area contributed by atoms with Crippen LogP contribution >= 0.6 is 0 Å². The molecule has 6 nitrogen and oxygen atoms in total. The quantitative estimate of drug-likeness (QED) is 0.778. The number of benzene rings is 2. The number of aromatic nitrogens is 2. The minimum atomic E-state index is -0.329. The van der Waals surface area contributed by atoms with E-state index in [1.807, 2.05) is 43.3 Å². The molecule has 0 radical (unpaired) electrons. The van der Waals surface area contributed by atoms with Gasteiger partial charge in [0.2, 0.25) is 0 Å². The number of hydrogen-bond donors (Lipinski definition) is 1. The van der Waals surface area contributed by atoms with Gasteiger partial charge in [0.15, 0.2) is 6.61 Å². The van der Waals surface area contributed by atoms with Crippen LogP contribution in [0, 0.1) is 18.3 Å². The lowest BCUT2D eigenvalue weighted by molar-refractivity contribution is -0.118. The molecule has 0 aliphatic heterocycles. The molecule has 0 aliphatic carbocycles. The van der Waals surface area contributed by atoms with Gasteiger partial charge in [0.05, 0.1) is 16.9 Å². The molecular weight excluding hydrogens is 316 g/mol. The number of aryl methyl sites for hydroxylation is 1. The smallest absolute Gasteiger partial charge is 0.263 e. The zero-order valence-electron chi connectivity index (χ0n) is 13.6. The Morgan fingerprint density at radius 2 is 1.92 bits per heavy atom. The number of carbonyl (C=O) groups is 1. The van der Waals surface area contributed by atoms with E-state index in [1.54, 1.807) is 35.0 Å². The van der Waals surface area contributed by atoms with Crippen molar-refractivity contribution in [3.05, 3.63) is 71.9 Å². The Labute approximate surface area is 145 Å². The Morgan fingerprint density at radius 1 is 1.20 bits per heavy atom. The third-order valence-electron chi connectivity index (χ3n) is 3.47. The van der Waals surface area contributed by atoms with E-state index in [4.69, 9.17) is 10.00 Å². The molecule has 1 aromatic heterocycles. The summed E-state index contributed by atoms with van der Waals surface area (Å²) >= 11 is 0. The molecule has 25 heavy (non-hydrogen) atoms. The normalized spacial score (nSPS) is 10.1. The first-order chi connectivity index (χ1) is 12.2. The standard InChI is InChI=1S/C19H16N4O2/c1-14-11-18(23(22-14)16-8-3-2-4-9-16)21-19(24)13-25-17-10-6-5-7-15(17)12-20/h2-11H,13H2,1H3,(H,21,24). The van der Waals surface area contributed by atoms with E-state index < -0.39 is 0 Å². The number of amides is 1. The Balaban J connectivity index is 1.71. The lowest BCUT2D eigenvalue weighted by Crippen LogP contribution is -2.22. The molecule has 0 unspecified atom stereocenters. The van der Waals surface area contributed by atoms with Crippen LogP contribution < -0.4 is 10.1 Å². The molecule has 0 fully saturated rings. The molecule has 0 saturated carbocycles. The van der Waals surface area contributed by atoms with Crippen molar-refractivity contribution in [2.24, 2.45) is 0 Å². The van der Waals surface area contributed by atoms with E-state index in [2.05, 4.69) is 10.4 Å². The van der Waals surface area contributed by atoms with Gasteiger partial charge in [-0.1, -0.05) is 30.3 Å². The second-order valence-electron chi connectivity index (χ2n) is 5.36. The summed E-state index contributed by atoms with van der Waals surface area (Å²) in [4.78, 5) is 12.2. The van der Waals surface area contributed by atoms with Gasteiger partial charge in [-0.3, -0.25) is 4.79 Å². The second-order valence-corrected chi connectivity index (χ2v) is 5.36. The maximum absolute atomic E-state index is 12.2. The third kappa shape index (κ3) is 3.85. The summed E-state index contributed by atoms with van der Waals surface area (Å²) in [5.74, 6) is 0.614. The van der Waals surface area contributed by atoms with Gasteiger partial charge in [0.1, 0.15) is 17.6 Å². The summed E-state index contributed by atoms with van der Waals surface area (Å²) in [6.45, 7) is 1.66. The van der Waals surface area contributed by atoms with Crippen LogP contribution in [0.15, 0.2) is 60.7 Å². The number of carbonyl (C=O) groups excluding carboxylic acids is 1. The van der Waals surface area contributed by atoms with Crippen molar-refractivity contribution in [1.29, 1.82) is 5.26 Å². The molecule has 1 N–H and O–H groups in total. The number of para-hydroxylation sites is 2. The van der Waals surface area contributed by atoms with E-state index in [0.29, 0.717) is 17.1 Å². The molecule has 6 heteroatoms. The first-order valence-electron chi connectivity index (χ1n) is 7.71. The number of rotatable bonds is 5. The number of ether oxygens (including phenoxy) is 1. The van der Waals surface area contributed by atoms with Crippen LogP contribution in [0.2, 0.25) is 0 Å². The highest BCUT2D eigenvalue weighted by Crippen LogP contribution is 2.18. The zero-order chi connectivity index (χ0) is 17.6. The monoisotopic (exact) mass is 332 g/mol. The molecule has 0 saturated heterocycles. The van der Waals surface area contributed by atoms with E-state index in [9.17, 15) is 4.79 Å². The van der Waals surface area contributed by atoms with Gasteiger partial charge in [0.25, 0.3) is 5.91 Å². The minimum Gasteiger partial charge on any atom is -0.482 e.